The van der Waals surface area contributed by atoms with E-state index in [4.69, 9.17) is 8.92 Å². The summed E-state index contributed by atoms with van der Waals surface area (Å²) in [6, 6.07) is 27.0. The summed E-state index contributed by atoms with van der Waals surface area (Å²) >= 11 is 0. The maximum Gasteiger partial charge on any atom is 0.410 e. The van der Waals surface area contributed by atoms with Crippen LogP contribution in [0, 0.1) is 0 Å². The molecule has 33 heavy (non-hydrogen) atoms. The van der Waals surface area contributed by atoms with Crippen LogP contribution in [0.15, 0.2) is 84.9 Å². The second kappa shape index (κ2) is 10.1. The first kappa shape index (κ1) is 22.9. The van der Waals surface area contributed by atoms with Gasteiger partial charge in [0.25, 0.3) is 0 Å². The van der Waals surface area contributed by atoms with Crippen LogP contribution in [0.1, 0.15) is 34.9 Å². The standard InChI is InChI=1S/C26H27NO5S/c1-33(29,30)32-23-14-12-22(13-15-23)24-16-17-27(18-25(24)21-10-6-3-7-11-21)26(28)31-19-20-8-4-2-5-9-20/h2-15,24-25H,16-19H2,1H3/t24-,25-/m0/s1. The van der Waals surface area contributed by atoms with Gasteiger partial charge in [-0.25, -0.2) is 4.79 Å². The number of rotatable bonds is 6. The molecule has 0 aliphatic carbocycles. The fourth-order valence-electron chi connectivity index (χ4n) is 4.31. The van der Waals surface area contributed by atoms with E-state index in [-0.39, 0.29) is 24.5 Å². The molecule has 0 aromatic heterocycles. The Balaban J connectivity index is 1.50. The summed E-state index contributed by atoms with van der Waals surface area (Å²) in [5, 5.41) is 0. The molecule has 3 aromatic carbocycles. The van der Waals surface area contributed by atoms with Crippen molar-refractivity contribution >= 4 is 16.2 Å². The zero-order valence-corrected chi connectivity index (χ0v) is 19.3. The van der Waals surface area contributed by atoms with Crippen molar-refractivity contribution in [2.75, 3.05) is 19.3 Å². The molecular formula is C26H27NO5S. The van der Waals surface area contributed by atoms with Crippen LogP contribution in [0.25, 0.3) is 0 Å². The average molecular weight is 466 g/mol. The number of likely N-dealkylation sites (tertiary alicyclic amines) is 1. The number of nitrogens with zero attached hydrogens (tertiary/aromatic N) is 1. The third kappa shape index (κ3) is 6.14. The lowest BCUT2D eigenvalue weighted by Crippen LogP contribution is -2.42. The predicted octanol–water partition coefficient (Wildman–Crippen LogP) is 4.93. The zero-order chi connectivity index (χ0) is 23.3. The van der Waals surface area contributed by atoms with Crippen LogP contribution in [0.5, 0.6) is 5.75 Å². The van der Waals surface area contributed by atoms with Gasteiger partial charge < -0.3 is 13.8 Å². The number of benzene rings is 3. The molecule has 1 heterocycles. The van der Waals surface area contributed by atoms with Crippen LogP contribution in [0.4, 0.5) is 4.79 Å². The first-order chi connectivity index (χ1) is 15.9. The van der Waals surface area contributed by atoms with Gasteiger partial charge in [-0.3, -0.25) is 0 Å². The normalized spacial score (nSPS) is 18.5. The molecule has 2 atom stereocenters. The van der Waals surface area contributed by atoms with Gasteiger partial charge in [0.05, 0.1) is 6.26 Å². The molecular weight excluding hydrogens is 438 g/mol. The molecule has 1 fully saturated rings. The first-order valence-corrected chi connectivity index (χ1v) is 12.7. The predicted molar refractivity (Wildman–Crippen MR) is 127 cm³/mol. The number of piperidine rings is 1. The highest BCUT2D eigenvalue weighted by Gasteiger charge is 2.34. The Morgan fingerprint density at radius 1 is 0.879 bits per heavy atom. The van der Waals surface area contributed by atoms with E-state index in [2.05, 4.69) is 12.1 Å². The highest BCUT2D eigenvalue weighted by atomic mass is 32.2. The van der Waals surface area contributed by atoms with Gasteiger partial charge >= 0.3 is 16.2 Å². The fourth-order valence-corrected chi connectivity index (χ4v) is 4.77. The van der Waals surface area contributed by atoms with Crippen molar-refractivity contribution in [3.63, 3.8) is 0 Å². The smallest absolute Gasteiger partial charge is 0.410 e. The summed E-state index contributed by atoms with van der Waals surface area (Å²) in [4.78, 5) is 14.6. The van der Waals surface area contributed by atoms with Crippen molar-refractivity contribution in [3.8, 4) is 5.75 Å². The fraction of sp³-hybridized carbons (Fsp3) is 0.269. The molecule has 0 radical (unpaired) electrons. The molecule has 3 aromatic rings. The quantitative estimate of drug-likeness (QED) is 0.483. The van der Waals surface area contributed by atoms with Crippen LogP contribution >= 0.6 is 0 Å². The highest BCUT2D eigenvalue weighted by Crippen LogP contribution is 2.40. The second-order valence-electron chi connectivity index (χ2n) is 8.26. The molecule has 0 bridgehead atoms. The van der Waals surface area contributed by atoms with Crippen LogP contribution in [-0.4, -0.2) is 38.8 Å². The first-order valence-electron chi connectivity index (χ1n) is 10.9. The van der Waals surface area contributed by atoms with Crippen LogP contribution in [-0.2, 0) is 21.5 Å². The van der Waals surface area contributed by atoms with E-state index in [1.807, 2.05) is 60.7 Å². The lowest BCUT2D eigenvalue weighted by atomic mass is 9.77. The van der Waals surface area contributed by atoms with Crippen molar-refractivity contribution in [2.45, 2.75) is 24.9 Å². The van der Waals surface area contributed by atoms with E-state index in [1.165, 1.54) is 0 Å². The summed E-state index contributed by atoms with van der Waals surface area (Å²) in [7, 11) is -3.57. The van der Waals surface area contributed by atoms with Crippen molar-refractivity contribution < 1.29 is 22.1 Å². The lowest BCUT2D eigenvalue weighted by Gasteiger charge is -2.38. The van der Waals surface area contributed by atoms with E-state index in [1.54, 1.807) is 17.0 Å². The van der Waals surface area contributed by atoms with Gasteiger partial charge in [0, 0.05) is 19.0 Å². The minimum absolute atomic E-state index is 0.0888. The van der Waals surface area contributed by atoms with E-state index in [0.717, 1.165) is 29.4 Å². The minimum Gasteiger partial charge on any atom is -0.445 e. The molecule has 1 saturated heterocycles. The number of hydrogen-bond acceptors (Lipinski definition) is 5. The summed E-state index contributed by atoms with van der Waals surface area (Å²) in [6.45, 7) is 1.38. The Morgan fingerprint density at radius 2 is 1.48 bits per heavy atom. The number of hydrogen-bond donors (Lipinski definition) is 0. The van der Waals surface area contributed by atoms with E-state index in [0.29, 0.717) is 18.8 Å². The largest absolute Gasteiger partial charge is 0.445 e. The van der Waals surface area contributed by atoms with E-state index in [9.17, 15) is 13.2 Å². The maximum atomic E-state index is 12.8. The van der Waals surface area contributed by atoms with Gasteiger partial charge in [0.1, 0.15) is 12.4 Å². The molecule has 1 aliphatic heterocycles. The molecule has 7 heteroatoms. The average Bonchev–Trinajstić information content (AvgIpc) is 2.83. The Bertz CT molecular complexity index is 1160. The summed E-state index contributed by atoms with van der Waals surface area (Å²) < 4.78 is 33.3. The molecule has 1 amide bonds. The van der Waals surface area contributed by atoms with Crippen molar-refractivity contribution in [2.24, 2.45) is 0 Å². The number of carbonyl (C=O) groups is 1. The third-order valence-corrected chi connectivity index (χ3v) is 6.35. The van der Waals surface area contributed by atoms with Gasteiger partial charge in [-0.05, 0) is 41.2 Å². The molecule has 172 valence electrons. The Kier molecular flexibility index (Phi) is 6.99. The third-order valence-electron chi connectivity index (χ3n) is 5.86. The van der Waals surface area contributed by atoms with Crippen molar-refractivity contribution in [3.05, 3.63) is 102 Å². The Morgan fingerprint density at radius 3 is 2.12 bits per heavy atom. The molecule has 1 aliphatic rings. The van der Waals surface area contributed by atoms with Crippen molar-refractivity contribution in [1.29, 1.82) is 0 Å². The minimum atomic E-state index is -3.57. The molecule has 6 nitrogen and oxygen atoms in total. The van der Waals surface area contributed by atoms with Gasteiger partial charge in [-0.2, -0.15) is 8.42 Å². The van der Waals surface area contributed by atoms with Gasteiger partial charge in [0.2, 0.25) is 0 Å². The van der Waals surface area contributed by atoms with Crippen LogP contribution in [0.2, 0.25) is 0 Å². The molecule has 0 saturated carbocycles. The Hall–Kier alpha value is -3.32. The molecule has 0 unspecified atom stereocenters. The zero-order valence-electron chi connectivity index (χ0n) is 18.5. The maximum absolute atomic E-state index is 12.8. The molecule has 0 N–H and O–H groups in total. The van der Waals surface area contributed by atoms with Crippen LogP contribution < -0.4 is 4.18 Å². The SMILES string of the molecule is CS(=O)(=O)Oc1ccc([C@@H]2CCN(C(=O)OCc3ccccc3)C[C@H]2c2ccccc2)cc1. The van der Waals surface area contributed by atoms with E-state index >= 15 is 0 Å². The van der Waals surface area contributed by atoms with Crippen molar-refractivity contribution in [1.82, 2.24) is 4.90 Å². The van der Waals surface area contributed by atoms with Gasteiger partial charge in [-0.1, -0.05) is 72.8 Å². The number of ether oxygens (including phenoxy) is 1. The van der Waals surface area contributed by atoms with Gasteiger partial charge in [0.15, 0.2) is 0 Å². The second-order valence-corrected chi connectivity index (χ2v) is 9.83. The topological polar surface area (TPSA) is 72.9 Å². The lowest BCUT2D eigenvalue weighted by molar-refractivity contribution is 0.0826. The van der Waals surface area contributed by atoms with Gasteiger partial charge in [-0.15, -0.1) is 0 Å². The Labute approximate surface area is 194 Å². The summed E-state index contributed by atoms with van der Waals surface area (Å²) in [5.74, 6) is 0.559. The summed E-state index contributed by atoms with van der Waals surface area (Å²) in [6.07, 6.45) is 1.49. The number of amides is 1. The van der Waals surface area contributed by atoms with E-state index < -0.39 is 10.1 Å². The monoisotopic (exact) mass is 465 g/mol. The molecule has 4 rings (SSSR count). The van der Waals surface area contributed by atoms with Crippen LogP contribution in [0.3, 0.4) is 0 Å². The molecule has 0 spiro atoms. The number of carbonyl (C=O) groups excluding carboxylic acids is 1. The highest BCUT2D eigenvalue weighted by molar-refractivity contribution is 7.86. The summed E-state index contributed by atoms with van der Waals surface area (Å²) in [5.41, 5.74) is 3.19.